The zero-order chi connectivity index (χ0) is 21.7. The van der Waals surface area contributed by atoms with Crippen molar-refractivity contribution in [2.75, 3.05) is 28.2 Å². The minimum Gasteiger partial charge on any atom is -0.313 e. The molecule has 0 amide bonds. The average Bonchev–Trinajstić information content (AvgIpc) is 2.63. The fourth-order valence-electron chi connectivity index (χ4n) is 3.77. The lowest BCUT2D eigenvalue weighted by Gasteiger charge is -2.27. The summed E-state index contributed by atoms with van der Waals surface area (Å²) < 4.78 is 3.60. The van der Waals surface area contributed by atoms with E-state index in [9.17, 15) is 9.59 Å². The maximum atomic E-state index is 12.9. The van der Waals surface area contributed by atoms with Crippen LogP contribution in [0.3, 0.4) is 0 Å². The van der Waals surface area contributed by atoms with E-state index in [4.69, 9.17) is 0 Å². The molecule has 0 aliphatic heterocycles. The Morgan fingerprint density at radius 2 is 1.62 bits per heavy atom. The van der Waals surface area contributed by atoms with Gasteiger partial charge in [0.25, 0.3) is 11.1 Å². The number of hydrogen-bond acceptors (Lipinski definition) is 4. The van der Waals surface area contributed by atoms with E-state index in [1.165, 1.54) is 0 Å². The highest BCUT2D eigenvalue weighted by Crippen LogP contribution is 2.25. The van der Waals surface area contributed by atoms with Gasteiger partial charge in [0.2, 0.25) is 0 Å². The molecule has 2 aromatic rings. The van der Waals surface area contributed by atoms with Crippen molar-refractivity contribution in [2.24, 2.45) is 0 Å². The fraction of sp³-hybridized carbons (Fsp3) is 0.565. The second kappa shape index (κ2) is 10.0. The smallest absolute Gasteiger partial charge is 0.255 e. The van der Waals surface area contributed by atoms with Crippen LogP contribution in [0.25, 0.3) is 0 Å². The van der Waals surface area contributed by atoms with Crippen molar-refractivity contribution >= 4 is 0 Å². The molecule has 29 heavy (non-hydrogen) atoms. The highest BCUT2D eigenvalue weighted by molar-refractivity contribution is 5.16. The molecule has 2 unspecified atom stereocenters. The summed E-state index contributed by atoms with van der Waals surface area (Å²) in [6.07, 6.45) is 5.42. The van der Waals surface area contributed by atoms with Gasteiger partial charge in [-0.15, -0.1) is 0 Å². The summed E-state index contributed by atoms with van der Waals surface area (Å²) in [5, 5.41) is 0. The van der Waals surface area contributed by atoms with E-state index >= 15 is 0 Å². The summed E-state index contributed by atoms with van der Waals surface area (Å²) in [5.41, 5.74) is 2.02. The van der Waals surface area contributed by atoms with E-state index in [1.54, 1.807) is 10.6 Å². The van der Waals surface area contributed by atoms with Gasteiger partial charge in [-0.3, -0.25) is 9.59 Å². The van der Waals surface area contributed by atoms with Crippen molar-refractivity contribution in [1.82, 2.24) is 18.9 Å². The SMILES string of the molecule is CC(C)n1cccc(C(CCC(C)n2cc(CN(C)C)ccc2=O)N(C)C)c1=O. The Hall–Kier alpha value is -2.18. The summed E-state index contributed by atoms with van der Waals surface area (Å²) in [5.74, 6) is 0. The minimum absolute atomic E-state index is 0.0109. The van der Waals surface area contributed by atoms with Gasteiger partial charge in [-0.05, 0) is 73.4 Å². The highest BCUT2D eigenvalue weighted by Gasteiger charge is 2.20. The van der Waals surface area contributed by atoms with E-state index in [1.807, 2.05) is 77.2 Å². The Morgan fingerprint density at radius 3 is 2.21 bits per heavy atom. The molecule has 2 heterocycles. The molecule has 0 aliphatic rings. The van der Waals surface area contributed by atoms with Crippen molar-refractivity contribution in [3.8, 4) is 0 Å². The molecular formula is C23H36N4O2. The maximum absolute atomic E-state index is 12.9. The van der Waals surface area contributed by atoms with E-state index in [0.29, 0.717) is 0 Å². The van der Waals surface area contributed by atoms with Gasteiger partial charge in [-0.1, -0.05) is 12.1 Å². The van der Waals surface area contributed by atoms with Crippen molar-refractivity contribution in [3.05, 3.63) is 68.5 Å². The molecule has 0 aliphatic carbocycles. The van der Waals surface area contributed by atoms with Crippen LogP contribution in [0.4, 0.5) is 0 Å². The molecular weight excluding hydrogens is 364 g/mol. The van der Waals surface area contributed by atoms with E-state index in [0.717, 1.165) is 30.5 Å². The lowest BCUT2D eigenvalue weighted by molar-refractivity contribution is 0.262. The normalized spacial score (nSPS) is 14.0. The van der Waals surface area contributed by atoms with Crippen molar-refractivity contribution in [3.63, 3.8) is 0 Å². The summed E-state index contributed by atoms with van der Waals surface area (Å²) in [6, 6.07) is 7.62. The molecule has 0 bridgehead atoms. The Labute approximate surface area is 174 Å². The molecule has 6 nitrogen and oxygen atoms in total. The summed E-state index contributed by atoms with van der Waals surface area (Å²) >= 11 is 0. The van der Waals surface area contributed by atoms with Gasteiger partial charge in [-0.2, -0.15) is 0 Å². The highest BCUT2D eigenvalue weighted by atomic mass is 16.1. The third-order valence-corrected chi connectivity index (χ3v) is 5.37. The molecule has 0 saturated heterocycles. The maximum Gasteiger partial charge on any atom is 0.255 e. The second-order valence-electron chi connectivity index (χ2n) is 8.70. The van der Waals surface area contributed by atoms with Gasteiger partial charge in [-0.25, -0.2) is 0 Å². The zero-order valence-corrected chi connectivity index (χ0v) is 18.9. The lowest BCUT2D eigenvalue weighted by Crippen LogP contribution is -2.32. The van der Waals surface area contributed by atoms with Crippen LogP contribution < -0.4 is 11.1 Å². The quantitative estimate of drug-likeness (QED) is 0.648. The number of nitrogens with zero attached hydrogens (tertiary/aromatic N) is 4. The molecule has 0 aromatic carbocycles. The van der Waals surface area contributed by atoms with Gasteiger partial charge < -0.3 is 18.9 Å². The fourth-order valence-corrected chi connectivity index (χ4v) is 3.77. The van der Waals surface area contributed by atoms with E-state index in [2.05, 4.69) is 16.7 Å². The largest absolute Gasteiger partial charge is 0.313 e. The molecule has 2 aromatic heterocycles. The van der Waals surface area contributed by atoms with Crippen LogP contribution in [-0.2, 0) is 6.54 Å². The summed E-state index contributed by atoms with van der Waals surface area (Å²) in [6.45, 7) is 6.91. The molecule has 160 valence electrons. The number of pyridine rings is 2. The van der Waals surface area contributed by atoms with Crippen molar-refractivity contribution in [1.29, 1.82) is 0 Å². The zero-order valence-electron chi connectivity index (χ0n) is 18.9. The van der Waals surface area contributed by atoms with Crippen LogP contribution in [0.2, 0.25) is 0 Å². The molecule has 2 rings (SSSR count). The van der Waals surface area contributed by atoms with Crippen LogP contribution in [-0.4, -0.2) is 47.1 Å². The van der Waals surface area contributed by atoms with Gasteiger partial charge >= 0.3 is 0 Å². The topological polar surface area (TPSA) is 50.5 Å². The number of hydrogen-bond donors (Lipinski definition) is 0. The molecule has 0 N–H and O–H groups in total. The van der Waals surface area contributed by atoms with Gasteiger partial charge in [0.05, 0.1) is 0 Å². The van der Waals surface area contributed by atoms with Crippen molar-refractivity contribution in [2.45, 2.75) is 58.3 Å². The molecule has 0 spiro atoms. The minimum atomic E-state index is 0.0109. The predicted octanol–water partition coefficient (Wildman–Crippen LogP) is 3.30. The Balaban J connectivity index is 2.23. The van der Waals surface area contributed by atoms with Gasteiger partial charge in [0.1, 0.15) is 0 Å². The third-order valence-electron chi connectivity index (χ3n) is 5.37. The first-order valence-corrected chi connectivity index (χ1v) is 10.3. The van der Waals surface area contributed by atoms with Crippen LogP contribution in [0.15, 0.2) is 46.2 Å². The Morgan fingerprint density at radius 1 is 0.931 bits per heavy atom. The summed E-state index contributed by atoms with van der Waals surface area (Å²) in [7, 11) is 8.05. The second-order valence-corrected chi connectivity index (χ2v) is 8.70. The van der Waals surface area contributed by atoms with Gasteiger partial charge in [0, 0.05) is 48.7 Å². The molecule has 0 saturated carbocycles. The first-order valence-electron chi connectivity index (χ1n) is 10.3. The molecule has 2 atom stereocenters. The molecule has 0 radical (unpaired) electrons. The van der Waals surface area contributed by atoms with E-state index in [-0.39, 0.29) is 29.2 Å². The lowest BCUT2D eigenvalue weighted by atomic mass is 9.99. The Bertz CT molecular complexity index is 912. The Kier molecular flexibility index (Phi) is 7.99. The van der Waals surface area contributed by atoms with Crippen LogP contribution in [0.5, 0.6) is 0 Å². The van der Waals surface area contributed by atoms with Gasteiger partial charge in [0.15, 0.2) is 0 Å². The molecule has 0 fully saturated rings. The first kappa shape index (κ1) is 23.1. The van der Waals surface area contributed by atoms with E-state index < -0.39 is 0 Å². The predicted molar refractivity (Wildman–Crippen MR) is 120 cm³/mol. The first-order chi connectivity index (χ1) is 13.6. The average molecular weight is 401 g/mol. The number of aromatic nitrogens is 2. The standard InChI is InChI=1S/C23H36N4O2/c1-17(2)26-14-8-9-20(23(26)29)21(25(6)7)12-10-18(3)27-16-19(15-24(4)5)11-13-22(27)28/h8-9,11,13-14,16-18,21H,10,12,15H2,1-7H3. The van der Waals surface area contributed by atoms with Crippen LogP contribution in [0, 0.1) is 0 Å². The molecule has 6 heteroatoms. The number of rotatable bonds is 9. The van der Waals surface area contributed by atoms with Crippen molar-refractivity contribution < 1.29 is 0 Å². The van der Waals surface area contributed by atoms with Crippen LogP contribution >= 0.6 is 0 Å². The monoisotopic (exact) mass is 400 g/mol. The summed E-state index contributed by atoms with van der Waals surface area (Å²) in [4.78, 5) is 29.5. The van der Waals surface area contributed by atoms with Crippen LogP contribution in [0.1, 0.15) is 62.9 Å². The third kappa shape index (κ3) is 5.90.